The Hall–Kier alpha value is -4.79. The van der Waals surface area contributed by atoms with Gasteiger partial charge in [-0.05, 0) is 71.9 Å². The van der Waals surface area contributed by atoms with Gasteiger partial charge in [0.15, 0.2) is 0 Å². The van der Waals surface area contributed by atoms with Gasteiger partial charge in [0.2, 0.25) is 33.3 Å². The van der Waals surface area contributed by atoms with Gasteiger partial charge in [0.1, 0.15) is 46.7 Å². The maximum absolute atomic E-state index is 14.7. The smallest absolute Gasteiger partial charge is 0.427 e. The fourth-order valence-electron chi connectivity index (χ4n) is 7.32. The van der Waals surface area contributed by atoms with E-state index < -0.39 is 111 Å². The summed E-state index contributed by atoms with van der Waals surface area (Å²) in [7, 11) is -3.17. The van der Waals surface area contributed by atoms with E-state index in [2.05, 4.69) is 15.6 Å². The van der Waals surface area contributed by atoms with Crippen LogP contribution < -0.4 is 24.8 Å². The van der Waals surface area contributed by atoms with Crippen LogP contribution in [0.4, 0.5) is 26.7 Å². The molecule has 15 nitrogen and oxygen atoms in total. The van der Waals surface area contributed by atoms with Crippen LogP contribution in [0.25, 0.3) is 10.8 Å². The van der Waals surface area contributed by atoms with Crippen molar-refractivity contribution < 1.29 is 68.5 Å². The molecule has 1 aromatic carbocycles. The fourth-order valence-corrected chi connectivity index (χ4v) is 8.74. The summed E-state index contributed by atoms with van der Waals surface area (Å²) < 4.78 is 118. The van der Waals surface area contributed by atoms with Crippen molar-refractivity contribution in [3.63, 3.8) is 0 Å². The lowest BCUT2D eigenvalue weighted by Gasteiger charge is -2.34. The first-order chi connectivity index (χ1) is 27.6. The van der Waals surface area contributed by atoms with E-state index in [1.54, 1.807) is 25.1 Å². The zero-order chi connectivity index (χ0) is 43.3. The van der Waals surface area contributed by atoms with Crippen LogP contribution in [-0.4, -0.2) is 115 Å². The molecule has 4 aliphatic rings. The highest BCUT2D eigenvalue weighted by Crippen LogP contribution is 2.48. The number of hydrogen-bond donors (Lipinski definition) is 3. The molecule has 0 spiro atoms. The van der Waals surface area contributed by atoms with Crippen LogP contribution in [0.1, 0.15) is 66.2 Å². The van der Waals surface area contributed by atoms with Crippen LogP contribution in [-0.2, 0) is 33.9 Å². The number of methoxy groups -OCH3 is 1. The molecule has 7 unspecified atom stereocenters. The van der Waals surface area contributed by atoms with Gasteiger partial charge in [-0.2, -0.15) is 13.2 Å². The number of allylic oxidation sites excluding steroid dienone is 1. The zero-order valence-corrected chi connectivity index (χ0v) is 33.7. The minimum atomic E-state index is -4.99. The molecule has 3 N–H and O–H groups in total. The van der Waals surface area contributed by atoms with Crippen LogP contribution in [0.3, 0.4) is 0 Å². The molecule has 2 aliphatic heterocycles. The first-order valence-electron chi connectivity index (χ1n) is 19.0. The van der Waals surface area contributed by atoms with Gasteiger partial charge in [-0.3, -0.25) is 19.1 Å². The molecule has 0 bridgehead atoms. The van der Waals surface area contributed by atoms with E-state index in [1.165, 1.54) is 20.2 Å². The molecule has 2 saturated carbocycles. The maximum Gasteiger partial charge on any atom is 0.427 e. The second kappa shape index (κ2) is 16.0. The summed E-state index contributed by atoms with van der Waals surface area (Å²) in [5, 5.41) is 5.44. The number of nitrogens with zero attached hydrogens (tertiary/aromatic N) is 2. The third-order valence-corrected chi connectivity index (χ3v) is 13.4. The molecule has 59 heavy (non-hydrogen) atoms. The number of nitrogens with one attached hydrogen (secondary N) is 3. The average Bonchev–Trinajstić information content (AvgIpc) is 4.06. The Kier molecular flexibility index (Phi) is 11.9. The Morgan fingerprint density at radius 1 is 1.14 bits per heavy atom. The molecule has 3 heterocycles. The Labute approximate surface area is 336 Å². The number of benzene rings is 1. The van der Waals surface area contributed by atoms with Gasteiger partial charge in [-0.25, -0.2) is 27.0 Å². The van der Waals surface area contributed by atoms with Crippen LogP contribution in [0, 0.1) is 11.7 Å². The van der Waals surface area contributed by atoms with E-state index in [0.717, 1.165) is 17.0 Å². The second-order valence-electron chi connectivity index (χ2n) is 16.0. The standard InChI is InChI=1S/C38H46F5N5O10S/c1-20-8-6-7-9-22-17-37(22,33(51)47-59(53,54)36(19-39)11-12-36)46-30(49)27-16-24(57-31-26-14-23(40)15-28(55-5)25(26)10-13-44-31)18-48(27)32(50)29(21(2)56-20)45-34(52)58-35(3,4)38(41,42)43/h7,9-10,13-15,20-22,24,27,29H,6,8,11-12,16-19H2,1-5H3,(H,45,52)(H,46,49)(H,47,51). The molecule has 324 valence electrons. The molecule has 21 heteroatoms. The summed E-state index contributed by atoms with van der Waals surface area (Å²) in [6.45, 7) is 2.69. The van der Waals surface area contributed by atoms with Crippen molar-refractivity contribution in [2.45, 2.75) is 119 Å². The van der Waals surface area contributed by atoms with E-state index in [1.807, 2.05) is 4.72 Å². The number of alkyl carbamates (subject to hydrolysis) is 1. The second-order valence-corrected chi connectivity index (χ2v) is 18.1. The van der Waals surface area contributed by atoms with E-state index >= 15 is 0 Å². The van der Waals surface area contributed by atoms with Gasteiger partial charge >= 0.3 is 12.3 Å². The molecule has 4 amide bonds. The van der Waals surface area contributed by atoms with Crippen LogP contribution >= 0.6 is 0 Å². The number of pyridine rings is 1. The van der Waals surface area contributed by atoms with Gasteiger partial charge in [-0.1, -0.05) is 12.2 Å². The number of fused-ring (bicyclic) bond motifs is 3. The normalized spacial score (nSPS) is 28.6. The van der Waals surface area contributed by atoms with Crippen molar-refractivity contribution >= 4 is 44.6 Å². The van der Waals surface area contributed by atoms with Crippen LogP contribution in [0.2, 0.25) is 0 Å². The number of halogens is 5. The molecule has 2 aliphatic carbocycles. The number of ether oxygens (including phenoxy) is 4. The molecular formula is C38H46F5N5O10S. The summed E-state index contributed by atoms with van der Waals surface area (Å²) in [5.74, 6) is -4.40. The number of alkyl halides is 4. The molecule has 1 aromatic heterocycles. The van der Waals surface area contributed by atoms with E-state index in [0.29, 0.717) is 32.1 Å². The monoisotopic (exact) mass is 859 g/mol. The number of carbonyl (C=O) groups excluding carboxylic acids is 4. The van der Waals surface area contributed by atoms with Crippen LogP contribution in [0.5, 0.6) is 11.6 Å². The molecule has 1 saturated heterocycles. The quantitative estimate of drug-likeness (QED) is 0.243. The molecule has 2 aromatic rings. The topological polar surface area (TPSA) is 192 Å². The Morgan fingerprint density at radius 3 is 2.49 bits per heavy atom. The van der Waals surface area contributed by atoms with Crippen molar-refractivity contribution in [3.8, 4) is 11.6 Å². The maximum atomic E-state index is 14.7. The number of rotatable bonds is 9. The lowest BCUT2D eigenvalue weighted by Crippen LogP contribution is -2.61. The molecule has 0 radical (unpaired) electrons. The minimum absolute atomic E-state index is 0.00452. The van der Waals surface area contributed by atoms with Crippen molar-refractivity contribution in [2.75, 3.05) is 20.3 Å². The first-order valence-corrected chi connectivity index (χ1v) is 20.5. The van der Waals surface area contributed by atoms with Crippen molar-refractivity contribution in [1.82, 2.24) is 25.2 Å². The molecule has 6 rings (SSSR count). The first kappa shape index (κ1) is 43.8. The number of aromatic nitrogens is 1. The summed E-state index contributed by atoms with van der Waals surface area (Å²) in [4.78, 5) is 61.2. The Bertz CT molecular complexity index is 2130. The predicted molar refractivity (Wildman–Crippen MR) is 199 cm³/mol. The Balaban J connectivity index is 1.37. The summed E-state index contributed by atoms with van der Waals surface area (Å²) in [6.07, 6.45) is -4.49. The number of sulfonamides is 1. The molecule has 3 fully saturated rings. The van der Waals surface area contributed by atoms with Crippen molar-refractivity contribution in [3.05, 3.63) is 42.4 Å². The predicted octanol–water partition coefficient (Wildman–Crippen LogP) is 4.13. The van der Waals surface area contributed by atoms with Gasteiger partial charge in [0, 0.05) is 30.0 Å². The Morgan fingerprint density at radius 2 is 1.85 bits per heavy atom. The number of amides is 4. The number of hydrogen-bond acceptors (Lipinski definition) is 11. The average molecular weight is 860 g/mol. The number of carbonyl (C=O) groups is 4. The fraction of sp³-hybridized carbons (Fsp3) is 0.605. The molecular weight excluding hydrogens is 814 g/mol. The van der Waals surface area contributed by atoms with Gasteiger partial charge < -0.3 is 34.5 Å². The van der Waals surface area contributed by atoms with Crippen LogP contribution in [0.15, 0.2) is 36.5 Å². The third-order valence-electron chi connectivity index (χ3n) is 11.3. The van der Waals surface area contributed by atoms with Gasteiger partial charge in [0.25, 0.3) is 5.91 Å². The highest BCUT2D eigenvalue weighted by atomic mass is 32.2. The largest absolute Gasteiger partial charge is 0.496 e. The van der Waals surface area contributed by atoms with Crippen molar-refractivity contribution in [1.29, 1.82) is 0 Å². The molecule has 7 atom stereocenters. The van der Waals surface area contributed by atoms with Gasteiger partial charge in [0.05, 0.1) is 31.2 Å². The minimum Gasteiger partial charge on any atom is -0.496 e. The zero-order valence-electron chi connectivity index (χ0n) is 32.9. The summed E-state index contributed by atoms with van der Waals surface area (Å²) in [6, 6.07) is 0.593. The van der Waals surface area contributed by atoms with Crippen molar-refractivity contribution in [2.24, 2.45) is 5.92 Å². The summed E-state index contributed by atoms with van der Waals surface area (Å²) >= 11 is 0. The lowest BCUT2D eigenvalue weighted by molar-refractivity contribution is -0.244. The van der Waals surface area contributed by atoms with E-state index in [-0.39, 0.29) is 42.7 Å². The highest BCUT2D eigenvalue weighted by molar-refractivity contribution is 7.91. The lowest BCUT2D eigenvalue weighted by atomic mass is 10.1. The SMILES string of the molecule is COc1cc(F)cc2c(OC3CC4C(=O)NC5(C(=O)NS(=O)(=O)C6(CF)CC6)CC5C=CCCC(C)OC(C)C(NC(=O)OC(C)(C)C(F)(F)F)C(=O)N4C3)nccc12. The van der Waals surface area contributed by atoms with E-state index in [9.17, 15) is 49.5 Å². The van der Waals surface area contributed by atoms with Gasteiger partial charge in [-0.15, -0.1) is 0 Å². The third kappa shape index (κ3) is 8.76. The summed E-state index contributed by atoms with van der Waals surface area (Å²) in [5.41, 5.74) is -4.81. The van der Waals surface area contributed by atoms with E-state index in [4.69, 9.17) is 18.9 Å². The highest BCUT2D eigenvalue weighted by Gasteiger charge is 2.64.